The molecular weight excluding hydrogens is 364 g/mol. The predicted octanol–water partition coefficient (Wildman–Crippen LogP) is 2.62. The Morgan fingerprint density at radius 1 is 1.03 bits per heavy atom. The number of rotatable bonds is 5. The molecule has 0 spiro atoms. The van der Waals surface area contributed by atoms with Crippen LogP contribution in [-0.2, 0) is 4.79 Å². The summed E-state index contributed by atoms with van der Waals surface area (Å²) in [4.78, 5) is 17.7. The second kappa shape index (κ2) is 8.76. The molecule has 6 nitrogen and oxygen atoms in total. The van der Waals surface area contributed by atoms with Crippen LogP contribution in [0.2, 0.25) is 0 Å². The van der Waals surface area contributed by atoms with Gasteiger partial charge in [0.1, 0.15) is 5.75 Å². The number of carbonyl (C=O) groups is 1. The SMILES string of the molecule is COc1ccc(C2CC(c3ccccc3)=NN2C(=O)CN2CCN(C)CC2)cc1. The summed E-state index contributed by atoms with van der Waals surface area (Å²) in [6, 6.07) is 18.0. The van der Waals surface area contributed by atoms with E-state index in [9.17, 15) is 4.79 Å². The van der Waals surface area contributed by atoms with E-state index in [1.807, 2.05) is 42.5 Å². The molecule has 0 saturated carbocycles. The molecule has 1 saturated heterocycles. The maximum atomic E-state index is 13.2. The fraction of sp³-hybridized carbons (Fsp3) is 0.391. The van der Waals surface area contributed by atoms with Gasteiger partial charge in [-0.25, -0.2) is 5.01 Å². The van der Waals surface area contributed by atoms with Crippen molar-refractivity contribution < 1.29 is 9.53 Å². The van der Waals surface area contributed by atoms with Crippen LogP contribution in [-0.4, -0.2) is 73.3 Å². The standard InChI is InChI=1S/C23H28N4O2/c1-25-12-14-26(15-13-25)17-23(28)27-22(19-8-10-20(29-2)11-9-19)16-21(24-27)18-6-4-3-5-7-18/h3-11,22H,12-17H2,1-2H3. The minimum absolute atomic E-state index is 0.0568. The van der Waals surface area contributed by atoms with Crippen molar-refractivity contribution in [2.45, 2.75) is 12.5 Å². The van der Waals surface area contributed by atoms with E-state index in [0.717, 1.165) is 48.8 Å². The fourth-order valence-electron chi connectivity index (χ4n) is 3.90. The normalized spacial score (nSPS) is 20.6. The van der Waals surface area contributed by atoms with Crippen molar-refractivity contribution in [3.05, 3.63) is 65.7 Å². The first-order valence-corrected chi connectivity index (χ1v) is 10.1. The third-order valence-electron chi connectivity index (χ3n) is 5.73. The van der Waals surface area contributed by atoms with E-state index in [2.05, 4.69) is 29.0 Å². The molecule has 1 atom stereocenters. The van der Waals surface area contributed by atoms with Crippen molar-refractivity contribution in [3.8, 4) is 5.75 Å². The van der Waals surface area contributed by atoms with Gasteiger partial charge in [-0.15, -0.1) is 0 Å². The number of nitrogens with zero attached hydrogens (tertiary/aromatic N) is 4. The highest BCUT2D eigenvalue weighted by Crippen LogP contribution is 2.33. The van der Waals surface area contributed by atoms with Crippen molar-refractivity contribution in [2.24, 2.45) is 5.10 Å². The maximum absolute atomic E-state index is 13.2. The van der Waals surface area contributed by atoms with Crippen molar-refractivity contribution >= 4 is 11.6 Å². The number of amides is 1. The Kier molecular flexibility index (Phi) is 5.92. The molecule has 0 aromatic heterocycles. The van der Waals surface area contributed by atoms with E-state index in [-0.39, 0.29) is 11.9 Å². The Morgan fingerprint density at radius 2 is 1.72 bits per heavy atom. The lowest BCUT2D eigenvalue weighted by Gasteiger charge is -2.33. The van der Waals surface area contributed by atoms with Crippen molar-refractivity contribution in [1.29, 1.82) is 0 Å². The zero-order valence-electron chi connectivity index (χ0n) is 17.1. The zero-order valence-corrected chi connectivity index (χ0v) is 17.1. The highest BCUT2D eigenvalue weighted by Gasteiger charge is 2.34. The number of benzene rings is 2. The van der Waals surface area contributed by atoms with E-state index >= 15 is 0 Å². The van der Waals surface area contributed by atoms with Gasteiger partial charge < -0.3 is 9.64 Å². The number of piperazine rings is 1. The van der Waals surface area contributed by atoms with Gasteiger partial charge in [-0.3, -0.25) is 9.69 Å². The van der Waals surface area contributed by atoms with Crippen LogP contribution in [0.4, 0.5) is 0 Å². The average Bonchev–Trinajstić information content (AvgIpc) is 3.22. The van der Waals surface area contributed by atoms with Gasteiger partial charge >= 0.3 is 0 Å². The van der Waals surface area contributed by atoms with Gasteiger partial charge in [0.15, 0.2) is 0 Å². The number of methoxy groups -OCH3 is 1. The van der Waals surface area contributed by atoms with Crippen LogP contribution < -0.4 is 4.74 Å². The lowest BCUT2D eigenvalue weighted by Crippen LogP contribution is -2.48. The molecule has 6 heteroatoms. The first kappa shape index (κ1) is 19.6. The van der Waals surface area contributed by atoms with Crippen LogP contribution in [0.25, 0.3) is 0 Å². The molecule has 2 aliphatic heterocycles. The molecule has 2 aliphatic rings. The Bertz CT molecular complexity index is 858. The van der Waals surface area contributed by atoms with E-state index in [4.69, 9.17) is 9.84 Å². The number of likely N-dealkylation sites (N-methyl/N-ethyl adjacent to an activating group) is 1. The molecule has 152 valence electrons. The summed E-state index contributed by atoms with van der Waals surface area (Å²) < 4.78 is 5.29. The number of hydrogen-bond donors (Lipinski definition) is 0. The minimum atomic E-state index is -0.0870. The van der Waals surface area contributed by atoms with E-state index in [0.29, 0.717) is 13.0 Å². The van der Waals surface area contributed by atoms with Gasteiger partial charge in [-0.2, -0.15) is 5.10 Å². The largest absolute Gasteiger partial charge is 0.497 e. The van der Waals surface area contributed by atoms with Crippen molar-refractivity contribution in [3.63, 3.8) is 0 Å². The van der Waals surface area contributed by atoms with Crippen LogP contribution in [0.3, 0.4) is 0 Å². The molecule has 0 aliphatic carbocycles. The fourth-order valence-corrected chi connectivity index (χ4v) is 3.90. The third kappa shape index (κ3) is 4.49. The molecule has 2 heterocycles. The molecule has 0 radical (unpaired) electrons. The highest BCUT2D eigenvalue weighted by atomic mass is 16.5. The molecule has 2 aromatic carbocycles. The summed E-state index contributed by atoms with van der Waals surface area (Å²) in [5, 5.41) is 6.47. The number of ether oxygens (including phenoxy) is 1. The van der Waals surface area contributed by atoms with Crippen LogP contribution in [0.1, 0.15) is 23.6 Å². The summed E-state index contributed by atoms with van der Waals surface area (Å²) in [6.45, 7) is 4.23. The van der Waals surface area contributed by atoms with Gasteiger partial charge in [0.25, 0.3) is 5.91 Å². The summed E-state index contributed by atoms with van der Waals surface area (Å²) >= 11 is 0. The van der Waals surface area contributed by atoms with Gasteiger partial charge in [0.05, 0.1) is 25.4 Å². The molecule has 0 bridgehead atoms. The monoisotopic (exact) mass is 392 g/mol. The Balaban J connectivity index is 1.56. The van der Waals surface area contributed by atoms with Crippen LogP contribution >= 0.6 is 0 Å². The van der Waals surface area contributed by atoms with Crippen LogP contribution in [0, 0.1) is 0 Å². The number of hydrazone groups is 1. The lowest BCUT2D eigenvalue weighted by atomic mass is 9.98. The molecule has 1 unspecified atom stereocenters. The summed E-state index contributed by atoms with van der Waals surface area (Å²) in [5.41, 5.74) is 3.10. The first-order chi connectivity index (χ1) is 14.1. The molecule has 1 amide bonds. The quantitative estimate of drug-likeness (QED) is 0.785. The lowest BCUT2D eigenvalue weighted by molar-refractivity contribution is -0.134. The Labute approximate surface area is 172 Å². The summed E-state index contributed by atoms with van der Waals surface area (Å²) in [7, 11) is 3.78. The second-order valence-electron chi connectivity index (χ2n) is 7.72. The average molecular weight is 393 g/mol. The molecule has 2 aromatic rings. The minimum Gasteiger partial charge on any atom is -0.497 e. The van der Waals surface area contributed by atoms with Gasteiger partial charge in [0.2, 0.25) is 0 Å². The Morgan fingerprint density at radius 3 is 2.38 bits per heavy atom. The molecule has 1 fully saturated rings. The number of hydrogen-bond acceptors (Lipinski definition) is 5. The maximum Gasteiger partial charge on any atom is 0.257 e. The van der Waals surface area contributed by atoms with Crippen molar-refractivity contribution in [2.75, 3.05) is 46.9 Å². The Hall–Kier alpha value is -2.70. The highest BCUT2D eigenvalue weighted by molar-refractivity contribution is 6.03. The zero-order chi connectivity index (χ0) is 20.2. The van der Waals surface area contributed by atoms with Crippen LogP contribution in [0.15, 0.2) is 59.7 Å². The van der Waals surface area contributed by atoms with E-state index < -0.39 is 0 Å². The summed E-state index contributed by atoms with van der Waals surface area (Å²) in [5.74, 6) is 0.868. The number of carbonyl (C=O) groups excluding carboxylic acids is 1. The first-order valence-electron chi connectivity index (χ1n) is 10.1. The predicted molar refractivity (Wildman–Crippen MR) is 114 cm³/mol. The molecular formula is C23H28N4O2. The second-order valence-corrected chi connectivity index (χ2v) is 7.72. The topological polar surface area (TPSA) is 48.4 Å². The van der Waals surface area contributed by atoms with E-state index in [1.54, 1.807) is 12.1 Å². The summed E-state index contributed by atoms with van der Waals surface area (Å²) in [6.07, 6.45) is 0.713. The third-order valence-corrected chi connectivity index (χ3v) is 5.73. The molecule has 29 heavy (non-hydrogen) atoms. The van der Waals surface area contributed by atoms with Gasteiger partial charge in [-0.1, -0.05) is 42.5 Å². The smallest absolute Gasteiger partial charge is 0.257 e. The van der Waals surface area contributed by atoms with Crippen LogP contribution in [0.5, 0.6) is 5.75 Å². The molecule has 4 rings (SSSR count). The van der Waals surface area contributed by atoms with E-state index in [1.165, 1.54) is 0 Å². The van der Waals surface area contributed by atoms with Crippen molar-refractivity contribution in [1.82, 2.24) is 14.8 Å². The van der Waals surface area contributed by atoms with Gasteiger partial charge in [-0.05, 0) is 30.3 Å². The molecule has 0 N–H and O–H groups in total. The van der Waals surface area contributed by atoms with Gasteiger partial charge in [0, 0.05) is 32.6 Å².